The first kappa shape index (κ1) is 24.7. The molecule has 2 aliphatic heterocycles. The van der Waals surface area contributed by atoms with E-state index < -0.39 is 15.9 Å². The van der Waals surface area contributed by atoms with Gasteiger partial charge in [0.1, 0.15) is 11.6 Å². The van der Waals surface area contributed by atoms with Gasteiger partial charge in [0, 0.05) is 31.5 Å². The molecule has 196 valence electrons. The number of carbonyl (C=O) groups excluding carboxylic acids is 1. The lowest BCUT2D eigenvalue weighted by molar-refractivity contribution is -0.115. The number of nitrogens with one attached hydrogen (secondary N) is 2. The van der Waals surface area contributed by atoms with Crippen LogP contribution in [0, 0.1) is 5.92 Å². The number of hydrogen-bond acceptors (Lipinski definition) is 7. The number of rotatable bonds is 8. The fourth-order valence-corrected chi connectivity index (χ4v) is 5.99. The van der Waals surface area contributed by atoms with Crippen molar-refractivity contribution in [2.24, 2.45) is 10.9 Å². The summed E-state index contributed by atoms with van der Waals surface area (Å²) in [5.74, 6) is 0.0965. The molecular weight excluding hydrogens is 502 g/mol. The minimum Gasteiger partial charge on any atom is -0.378 e. The third-order valence-corrected chi connectivity index (χ3v) is 8.51. The first-order chi connectivity index (χ1) is 18.5. The predicted octanol–water partition coefficient (Wildman–Crippen LogP) is 3.46. The van der Waals surface area contributed by atoms with Crippen LogP contribution in [-0.2, 0) is 19.6 Å². The average Bonchev–Trinajstić information content (AvgIpc) is 3.73. The van der Waals surface area contributed by atoms with Gasteiger partial charge in [-0.2, -0.15) is 0 Å². The van der Waals surface area contributed by atoms with E-state index in [9.17, 15) is 13.2 Å². The number of nitrogens with zero attached hydrogens (tertiary/aromatic N) is 3. The van der Waals surface area contributed by atoms with E-state index in [2.05, 4.69) is 19.9 Å². The molecule has 3 heterocycles. The highest BCUT2D eigenvalue weighted by atomic mass is 32.2. The van der Waals surface area contributed by atoms with Gasteiger partial charge in [-0.15, -0.1) is 0 Å². The minimum atomic E-state index is -3.71. The number of pyridine rings is 1. The van der Waals surface area contributed by atoms with Gasteiger partial charge >= 0.3 is 0 Å². The van der Waals surface area contributed by atoms with Gasteiger partial charge in [-0.05, 0) is 60.2 Å². The van der Waals surface area contributed by atoms with Gasteiger partial charge in [0.05, 0.1) is 23.8 Å². The van der Waals surface area contributed by atoms with E-state index in [1.165, 1.54) is 6.07 Å². The molecule has 2 fully saturated rings. The fraction of sp³-hybridized carbons (Fsp3) is 0.321. The number of anilines is 2. The molecule has 10 heteroatoms. The molecule has 38 heavy (non-hydrogen) atoms. The Kier molecular flexibility index (Phi) is 6.69. The van der Waals surface area contributed by atoms with E-state index in [1.54, 1.807) is 18.3 Å². The zero-order valence-corrected chi connectivity index (χ0v) is 21.7. The molecule has 2 aromatic carbocycles. The molecule has 1 saturated carbocycles. The van der Waals surface area contributed by atoms with Gasteiger partial charge in [0.2, 0.25) is 15.9 Å². The number of carbonyl (C=O) groups is 1. The number of morpholine rings is 1. The molecule has 1 aromatic heterocycles. The summed E-state index contributed by atoms with van der Waals surface area (Å²) in [4.78, 5) is 25.3. The summed E-state index contributed by atoms with van der Waals surface area (Å²) in [6.45, 7) is 3.04. The molecule has 3 aliphatic rings. The van der Waals surface area contributed by atoms with E-state index in [0.717, 1.165) is 24.2 Å². The molecule has 1 saturated heterocycles. The summed E-state index contributed by atoms with van der Waals surface area (Å²) in [7, 11) is -3.71. The van der Waals surface area contributed by atoms with Crippen molar-refractivity contribution in [3.63, 3.8) is 0 Å². The Balaban J connectivity index is 1.44. The molecule has 0 radical (unpaired) electrons. The van der Waals surface area contributed by atoms with Crippen LogP contribution in [0.25, 0.3) is 0 Å². The number of amides is 1. The zero-order valence-electron chi connectivity index (χ0n) is 20.8. The van der Waals surface area contributed by atoms with Crippen LogP contribution < -0.4 is 14.9 Å². The van der Waals surface area contributed by atoms with Gasteiger partial charge in [0.15, 0.2) is 5.82 Å². The monoisotopic (exact) mass is 531 g/mol. The number of sulfonamides is 1. The van der Waals surface area contributed by atoms with Crippen LogP contribution in [0.1, 0.15) is 29.9 Å². The SMILES string of the molecule is O=C1Nc2ccc(S(=O)(=O)NCC3CC3)cc2C1C(=Nc1cccnc1N1CCOCC1)c1ccccc1. The minimum absolute atomic E-state index is 0.140. The summed E-state index contributed by atoms with van der Waals surface area (Å²) >= 11 is 0. The van der Waals surface area contributed by atoms with Crippen molar-refractivity contribution in [2.45, 2.75) is 23.7 Å². The maximum absolute atomic E-state index is 13.4. The number of aromatic nitrogens is 1. The summed E-state index contributed by atoms with van der Waals surface area (Å²) in [5, 5.41) is 2.92. The molecule has 1 unspecified atom stereocenters. The van der Waals surface area contributed by atoms with Crippen molar-refractivity contribution < 1.29 is 17.9 Å². The Morgan fingerprint density at radius 2 is 1.87 bits per heavy atom. The van der Waals surface area contributed by atoms with E-state index in [-0.39, 0.29) is 10.8 Å². The topological polar surface area (TPSA) is 113 Å². The molecule has 0 bridgehead atoms. The average molecular weight is 532 g/mol. The van der Waals surface area contributed by atoms with Gasteiger partial charge < -0.3 is 15.0 Å². The van der Waals surface area contributed by atoms with Gasteiger partial charge in [-0.3, -0.25) is 4.79 Å². The number of fused-ring (bicyclic) bond motifs is 1. The third-order valence-electron chi connectivity index (χ3n) is 7.08. The second-order valence-electron chi connectivity index (χ2n) is 9.78. The molecule has 2 N–H and O–H groups in total. The third kappa shape index (κ3) is 5.07. The number of benzene rings is 2. The van der Waals surface area contributed by atoms with Crippen molar-refractivity contribution in [3.8, 4) is 0 Å². The predicted molar refractivity (Wildman–Crippen MR) is 146 cm³/mol. The smallest absolute Gasteiger partial charge is 0.240 e. The Labute approximate surface area is 222 Å². The highest BCUT2D eigenvalue weighted by Gasteiger charge is 2.37. The van der Waals surface area contributed by atoms with Crippen LogP contribution in [0.4, 0.5) is 17.2 Å². The van der Waals surface area contributed by atoms with Crippen molar-refractivity contribution in [1.82, 2.24) is 9.71 Å². The lowest BCUT2D eigenvalue weighted by atomic mass is 9.90. The van der Waals surface area contributed by atoms with E-state index in [4.69, 9.17) is 9.73 Å². The molecule has 3 aromatic rings. The lowest BCUT2D eigenvalue weighted by Crippen LogP contribution is -2.36. The number of ether oxygens (including phenoxy) is 1. The Hall–Kier alpha value is -3.60. The highest BCUT2D eigenvalue weighted by molar-refractivity contribution is 7.89. The Bertz CT molecular complexity index is 1480. The second-order valence-corrected chi connectivity index (χ2v) is 11.5. The maximum Gasteiger partial charge on any atom is 0.240 e. The van der Waals surface area contributed by atoms with Crippen LogP contribution in [0.2, 0.25) is 0 Å². The molecule has 9 nitrogen and oxygen atoms in total. The van der Waals surface area contributed by atoms with Gasteiger partial charge in [0.25, 0.3) is 0 Å². The van der Waals surface area contributed by atoms with Crippen LogP contribution in [-0.4, -0.2) is 57.9 Å². The summed E-state index contributed by atoms with van der Waals surface area (Å²) < 4.78 is 34.3. The van der Waals surface area contributed by atoms with Crippen molar-refractivity contribution >= 4 is 38.8 Å². The molecule has 0 spiro atoms. The fourth-order valence-electron chi connectivity index (χ4n) is 4.84. The molecule has 1 atom stereocenters. The zero-order chi connectivity index (χ0) is 26.1. The lowest BCUT2D eigenvalue weighted by Gasteiger charge is -2.28. The largest absolute Gasteiger partial charge is 0.378 e. The molecule has 1 aliphatic carbocycles. The number of aliphatic imine (C=N–C) groups is 1. The number of hydrogen-bond donors (Lipinski definition) is 2. The summed E-state index contributed by atoms with van der Waals surface area (Å²) in [6.07, 6.45) is 3.82. The first-order valence-corrected chi connectivity index (χ1v) is 14.3. The Morgan fingerprint density at radius 1 is 1.08 bits per heavy atom. The summed E-state index contributed by atoms with van der Waals surface area (Å²) in [5.41, 5.74) is 3.12. The van der Waals surface area contributed by atoms with E-state index in [1.807, 2.05) is 42.5 Å². The van der Waals surface area contributed by atoms with Crippen LogP contribution in [0.3, 0.4) is 0 Å². The maximum atomic E-state index is 13.4. The molecule has 6 rings (SSSR count). The normalized spacial score (nSPS) is 19.8. The van der Waals surface area contributed by atoms with E-state index in [0.29, 0.717) is 61.4 Å². The quantitative estimate of drug-likeness (QED) is 0.431. The van der Waals surface area contributed by atoms with Crippen molar-refractivity contribution in [2.75, 3.05) is 43.1 Å². The van der Waals surface area contributed by atoms with Crippen LogP contribution in [0.5, 0.6) is 0 Å². The van der Waals surface area contributed by atoms with Gasteiger partial charge in [-0.25, -0.2) is 23.1 Å². The molecule has 1 amide bonds. The standard InChI is InChI=1S/C28H29N5O4S/c34-28-25(22-17-21(10-11-23(22)32-28)38(35,36)30-18-19-8-9-19)26(20-5-2-1-3-6-20)31-24-7-4-12-29-27(24)33-13-15-37-16-14-33/h1-7,10-12,17,19,25,30H,8-9,13-16,18H2,(H,32,34). The highest BCUT2D eigenvalue weighted by Crippen LogP contribution is 2.39. The van der Waals surface area contributed by atoms with Crippen molar-refractivity contribution in [1.29, 1.82) is 0 Å². The first-order valence-electron chi connectivity index (χ1n) is 12.9. The summed E-state index contributed by atoms with van der Waals surface area (Å²) in [6, 6.07) is 18.0. The molecular formula is C28H29N5O4S. The van der Waals surface area contributed by atoms with Crippen molar-refractivity contribution in [3.05, 3.63) is 78.0 Å². The van der Waals surface area contributed by atoms with Crippen LogP contribution in [0.15, 0.2) is 76.7 Å². The Morgan fingerprint density at radius 3 is 2.63 bits per heavy atom. The van der Waals surface area contributed by atoms with E-state index >= 15 is 0 Å². The second kappa shape index (κ2) is 10.3. The van der Waals surface area contributed by atoms with Gasteiger partial charge in [-0.1, -0.05) is 30.3 Å². The van der Waals surface area contributed by atoms with Crippen LogP contribution >= 0.6 is 0 Å².